The van der Waals surface area contributed by atoms with Crippen molar-refractivity contribution in [3.63, 3.8) is 0 Å². The lowest BCUT2D eigenvalue weighted by molar-refractivity contribution is 0.0949. The maximum Gasteiger partial charge on any atom is 0.253 e. The van der Waals surface area contributed by atoms with Crippen LogP contribution in [0.15, 0.2) is 24.3 Å². The van der Waals surface area contributed by atoms with Gasteiger partial charge in [0.2, 0.25) is 0 Å². The molecule has 1 aliphatic rings. The summed E-state index contributed by atoms with van der Waals surface area (Å²) in [7, 11) is 0. The molecule has 2 aromatic rings. The molecule has 1 aromatic heterocycles. The molecule has 4 heteroatoms. The molecule has 1 amide bonds. The van der Waals surface area contributed by atoms with Crippen LogP contribution in [0.1, 0.15) is 46.7 Å². The van der Waals surface area contributed by atoms with Gasteiger partial charge >= 0.3 is 0 Å². The van der Waals surface area contributed by atoms with Gasteiger partial charge in [-0.15, -0.1) is 0 Å². The van der Waals surface area contributed by atoms with E-state index >= 15 is 0 Å². The van der Waals surface area contributed by atoms with Gasteiger partial charge in [0.1, 0.15) is 0 Å². The average Bonchev–Trinajstić information content (AvgIpc) is 3.01. The van der Waals surface area contributed by atoms with Crippen LogP contribution in [0, 0.1) is 5.92 Å². The van der Waals surface area contributed by atoms with Gasteiger partial charge in [0.15, 0.2) is 0 Å². The molecule has 0 spiro atoms. The number of benzene rings is 1. The predicted octanol–water partition coefficient (Wildman–Crippen LogP) is 3.90. The molecule has 0 fully saturated rings. The molecule has 1 heterocycles. The lowest BCUT2D eigenvalue weighted by Crippen LogP contribution is -2.24. The van der Waals surface area contributed by atoms with E-state index in [1.165, 1.54) is 11.3 Å². The van der Waals surface area contributed by atoms with Gasteiger partial charge in [-0.25, -0.2) is 0 Å². The Morgan fingerprint density at radius 1 is 1.32 bits per heavy atom. The van der Waals surface area contributed by atoms with Crippen molar-refractivity contribution >= 4 is 17.5 Å². The lowest BCUT2D eigenvalue weighted by atomic mass is 10.0. The molecule has 1 atom stereocenters. The molecule has 0 aliphatic heterocycles. The number of amides is 1. The molecule has 1 aliphatic carbocycles. The largest absolute Gasteiger partial charge is 0.361 e. The van der Waals surface area contributed by atoms with E-state index in [0.29, 0.717) is 17.5 Å². The van der Waals surface area contributed by atoms with Crippen LogP contribution in [0.5, 0.6) is 0 Å². The maximum absolute atomic E-state index is 12.6. The minimum Gasteiger partial charge on any atom is -0.361 e. The highest BCUT2D eigenvalue weighted by molar-refractivity contribution is 6.30. The first-order valence-electron chi connectivity index (χ1n) is 7.83. The first kappa shape index (κ1) is 15.2. The van der Waals surface area contributed by atoms with E-state index < -0.39 is 0 Å². The minimum atomic E-state index is 0.0263. The highest BCUT2D eigenvalue weighted by atomic mass is 35.5. The third-order valence-corrected chi connectivity index (χ3v) is 4.57. The third kappa shape index (κ3) is 2.91. The van der Waals surface area contributed by atoms with Gasteiger partial charge in [0.25, 0.3) is 5.91 Å². The van der Waals surface area contributed by atoms with Crippen LogP contribution in [0.2, 0.25) is 5.02 Å². The van der Waals surface area contributed by atoms with Crippen LogP contribution >= 0.6 is 11.6 Å². The quantitative estimate of drug-likeness (QED) is 0.883. The zero-order valence-corrected chi connectivity index (χ0v) is 13.8. The van der Waals surface area contributed by atoms with E-state index in [2.05, 4.69) is 24.1 Å². The Hall–Kier alpha value is -1.74. The molecule has 0 saturated heterocycles. The number of hydrogen-bond acceptors (Lipinski definition) is 1. The van der Waals surface area contributed by atoms with Crippen molar-refractivity contribution in [2.75, 3.05) is 0 Å². The summed E-state index contributed by atoms with van der Waals surface area (Å²) in [5, 5.41) is 3.75. The van der Waals surface area contributed by atoms with Gasteiger partial charge in [-0.05, 0) is 48.4 Å². The van der Waals surface area contributed by atoms with E-state index in [9.17, 15) is 4.79 Å². The number of carbonyl (C=O) groups is 1. The summed E-state index contributed by atoms with van der Waals surface area (Å²) in [5.41, 5.74) is 5.46. The number of H-pyrrole nitrogens is 1. The number of rotatable bonds is 4. The van der Waals surface area contributed by atoms with Crippen molar-refractivity contribution in [2.24, 2.45) is 5.92 Å². The Kier molecular flexibility index (Phi) is 4.25. The van der Waals surface area contributed by atoms with Gasteiger partial charge in [-0.2, -0.15) is 0 Å². The van der Waals surface area contributed by atoms with Crippen molar-refractivity contribution in [1.82, 2.24) is 10.3 Å². The summed E-state index contributed by atoms with van der Waals surface area (Å²) in [6.45, 7) is 4.84. The molecule has 0 saturated carbocycles. The van der Waals surface area contributed by atoms with Crippen LogP contribution in [-0.2, 0) is 25.8 Å². The van der Waals surface area contributed by atoms with Crippen molar-refractivity contribution in [2.45, 2.75) is 39.7 Å². The van der Waals surface area contributed by atoms with E-state index in [1.54, 1.807) is 0 Å². The van der Waals surface area contributed by atoms with Gasteiger partial charge in [0.05, 0.1) is 5.56 Å². The maximum atomic E-state index is 12.6. The SMILES string of the molecule is CCc1[nH]c2c(c1C(=O)NCc1ccc(Cl)cc1)CC(C)C2. The second-order valence-electron chi connectivity index (χ2n) is 6.11. The number of nitrogens with one attached hydrogen (secondary N) is 2. The van der Waals surface area contributed by atoms with Gasteiger partial charge < -0.3 is 10.3 Å². The number of aromatic nitrogens is 1. The first-order valence-corrected chi connectivity index (χ1v) is 8.21. The molecular weight excluding hydrogens is 296 g/mol. The Morgan fingerprint density at radius 2 is 2.05 bits per heavy atom. The molecule has 2 N–H and O–H groups in total. The molecule has 22 heavy (non-hydrogen) atoms. The molecule has 1 aromatic carbocycles. The highest BCUT2D eigenvalue weighted by Crippen LogP contribution is 2.31. The predicted molar refractivity (Wildman–Crippen MR) is 89.4 cm³/mol. The Morgan fingerprint density at radius 3 is 2.73 bits per heavy atom. The summed E-state index contributed by atoms with van der Waals surface area (Å²) in [4.78, 5) is 16.1. The summed E-state index contributed by atoms with van der Waals surface area (Å²) in [5.74, 6) is 0.647. The molecule has 0 bridgehead atoms. The zero-order chi connectivity index (χ0) is 15.7. The second kappa shape index (κ2) is 6.17. The van der Waals surface area contributed by atoms with E-state index in [1.807, 2.05) is 24.3 Å². The smallest absolute Gasteiger partial charge is 0.253 e. The minimum absolute atomic E-state index is 0.0263. The molecule has 3 nitrogen and oxygen atoms in total. The van der Waals surface area contributed by atoms with Crippen LogP contribution in [0.3, 0.4) is 0 Å². The third-order valence-electron chi connectivity index (χ3n) is 4.32. The van der Waals surface area contributed by atoms with Crippen molar-refractivity contribution in [3.05, 3.63) is 57.4 Å². The van der Waals surface area contributed by atoms with Crippen molar-refractivity contribution in [1.29, 1.82) is 0 Å². The molecule has 116 valence electrons. The van der Waals surface area contributed by atoms with Crippen LogP contribution in [0.4, 0.5) is 0 Å². The highest BCUT2D eigenvalue weighted by Gasteiger charge is 2.28. The Labute approximate surface area is 136 Å². The van der Waals surface area contributed by atoms with E-state index in [-0.39, 0.29) is 5.91 Å². The van der Waals surface area contributed by atoms with Crippen molar-refractivity contribution < 1.29 is 4.79 Å². The number of halogens is 1. The number of carbonyl (C=O) groups excluding carboxylic acids is 1. The molecule has 3 rings (SSSR count). The van der Waals surface area contributed by atoms with Crippen molar-refractivity contribution in [3.8, 4) is 0 Å². The fraction of sp³-hybridized carbons (Fsp3) is 0.389. The number of aryl methyl sites for hydroxylation is 1. The monoisotopic (exact) mass is 316 g/mol. The van der Waals surface area contributed by atoms with Gasteiger partial charge in [-0.3, -0.25) is 4.79 Å². The fourth-order valence-corrected chi connectivity index (χ4v) is 3.36. The molecule has 1 unspecified atom stereocenters. The summed E-state index contributed by atoms with van der Waals surface area (Å²) in [6.07, 6.45) is 2.90. The zero-order valence-electron chi connectivity index (χ0n) is 13.0. The fourth-order valence-electron chi connectivity index (χ4n) is 3.23. The van der Waals surface area contributed by atoms with E-state index in [4.69, 9.17) is 11.6 Å². The summed E-state index contributed by atoms with van der Waals surface area (Å²) >= 11 is 5.88. The summed E-state index contributed by atoms with van der Waals surface area (Å²) < 4.78 is 0. The standard InChI is InChI=1S/C18H21ClN2O/c1-3-15-17(14-8-11(2)9-16(14)21-15)18(22)20-10-12-4-6-13(19)7-5-12/h4-7,11,21H,3,8-10H2,1-2H3,(H,20,22). The number of hydrogen-bond donors (Lipinski definition) is 2. The number of fused-ring (bicyclic) bond motifs is 1. The Balaban J connectivity index is 1.76. The first-order chi connectivity index (χ1) is 10.6. The molecule has 0 radical (unpaired) electrons. The summed E-state index contributed by atoms with van der Waals surface area (Å²) in [6, 6.07) is 7.56. The van der Waals surface area contributed by atoms with Gasteiger partial charge in [-0.1, -0.05) is 37.6 Å². The Bertz CT molecular complexity index is 688. The average molecular weight is 317 g/mol. The van der Waals surface area contributed by atoms with Crippen LogP contribution in [0.25, 0.3) is 0 Å². The topological polar surface area (TPSA) is 44.9 Å². The number of aromatic amines is 1. The van der Waals surface area contributed by atoms with Gasteiger partial charge in [0, 0.05) is 23.0 Å². The van der Waals surface area contributed by atoms with E-state index in [0.717, 1.165) is 36.1 Å². The molecular formula is C18H21ClN2O. The normalized spacial score (nSPS) is 16.6. The van der Waals surface area contributed by atoms with Crippen LogP contribution in [-0.4, -0.2) is 10.9 Å². The van der Waals surface area contributed by atoms with Crippen LogP contribution < -0.4 is 5.32 Å². The lowest BCUT2D eigenvalue weighted by Gasteiger charge is -2.09. The second-order valence-corrected chi connectivity index (χ2v) is 6.55.